The van der Waals surface area contributed by atoms with Crippen LogP contribution in [0.5, 0.6) is 5.75 Å². The zero-order valence-electron chi connectivity index (χ0n) is 13.4. The minimum absolute atomic E-state index is 0.0938. The number of carbonyl (C=O) groups is 2. The molecule has 0 aliphatic heterocycles. The van der Waals surface area contributed by atoms with Gasteiger partial charge in [0.05, 0.1) is 5.69 Å². The van der Waals surface area contributed by atoms with Crippen LogP contribution in [0.3, 0.4) is 0 Å². The lowest BCUT2D eigenvalue weighted by molar-refractivity contribution is -0.133. The topological polar surface area (TPSA) is 78.4 Å². The summed E-state index contributed by atoms with van der Waals surface area (Å²) in [6, 6.07) is 13.6. The molecule has 23 heavy (non-hydrogen) atoms. The smallest absolute Gasteiger partial charge is 0.314 e. The number of nitrogens with one attached hydrogen (secondary N) is 2. The molecule has 0 bridgehead atoms. The Hall–Kier alpha value is -2.82. The van der Waals surface area contributed by atoms with E-state index in [0.29, 0.717) is 5.69 Å². The number of rotatable bonds is 2. The van der Waals surface area contributed by atoms with E-state index in [2.05, 4.69) is 10.6 Å². The van der Waals surface area contributed by atoms with Crippen LogP contribution >= 0.6 is 0 Å². The molecule has 0 heterocycles. The van der Waals surface area contributed by atoms with E-state index >= 15 is 0 Å². The van der Waals surface area contributed by atoms with Crippen LogP contribution in [0.25, 0.3) is 0 Å². The predicted octanol–water partition coefficient (Wildman–Crippen LogP) is 3.27. The van der Waals surface area contributed by atoms with Gasteiger partial charge >= 0.3 is 11.8 Å². The highest BCUT2D eigenvalue weighted by atomic mass is 16.3. The molecule has 2 amide bonds. The fourth-order valence-electron chi connectivity index (χ4n) is 2.18. The summed E-state index contributed by atoms with van der Waals surface area (Å²) in [6.45, 7) is 6.08. The number of anilines is 2. The summed E-state index contributed by atoms with van der Waals surface area (Å²) in [7, 11) is 0. The molecule has 5 heteroatoms. The zero-order valence-corrected chi connectivity index (χ0v) is 13.4. The number of amides is 2. The van der Waals surface area contributed by atoms with E-state index in [-0.39, 0.29) is 16.9 Å². The number of benzene rings is 2. The molecule has 0 aromatic heterocycles. The highest BCUT2D eigenvalue weighted by Gasteiger charge is 2.21. The van der Waals surface area contributed by atoms with Crippen LogP contribution in [0, 0.1) is 0 Å². The van der Waals surface area contributed by atoms with Gasteiger partial charge in [-0.05, 0) is 29.2 Å². The third kappa shape index (κ3) is 4.10. The van der Waals surface area contributed by atoms with Gasteiger partial charge in [-0.15, -0.1) is 0 Å². The van der Waals surface area contributed by atoms with E-state index in [1.54, 1.807) is 24.3 Å². The average molecular weight is 312 g/mol. The van der Waals surface area contributed by atoms with Crippen LogP contribution in [0.1, 0.15) is 26.3 Å². The summed E-state index contributed by atoms with van der Waals surface area (Å²) in [5.41, 5.74) is 1.55. The molecule has 0 unspecified atom stereocenters. The second-order valence-electron chi connectivity index (χ2n) is 6.22. The van der Waals surface area contributed by atoms with Crippen LogP contribution in [0.15, 0.2) is 48.5 Å². The van der Waals surface area contributed by atoms with Crippen molar-refractivity contribution in [2.75, 3.05) is 10.6 Å². The maximum atomic E-state index is 12.1. The molecule has 0 saturated carbocycles. The molecule has 2 aromatic rings. The monoisotopic (exact) mass is 312 g/mol. The van der Waals surface area contributed by atoms with Crippen LogP contribution in [0.4, 0.5) is 11.4 Å². The molecule has 0 spiro atoms. The minimum atomic E-state index is -0.838. The number of hydrogen-bond acceptors (Lipinski definition) is 3. The Bertz CT molecular complexity index is 733. The van der Waals surface area contributed by atoms with E-state index in [4.69, 9.17) is 0 Å². The first-order valence-corrected chi connectivity index (χ1v) is 7.29. The first kappa shape index (κ1) is 16.5. The number of aromatic hydroxyl groups is 1. The number of carbonyl (C=O) groups excluding carboxylic acids is 2. The molecule has 0 aliphatic rings. The Morgan fingerprint density at radius 3 is 1.87 bits per heavy atom. The van der Waals surface area contributed by atoms with Crippen molar-refractivity contribution < 1.29 is 14.7 Å². The summed E-state index contributed by atoms with van der Waals surface area (Å²) in [5, 5.41) is 14.6. The lowest BCUT2D eigenvalue weighted by Gasteiger charge is -2.22. The van der Waals surface area contributed by atoms with Crippen molar-refractivity contribution in [3.8, 4) is 5.75 Å². The number of phenolic OH excluding ortho intramolecular Hbond substituents is 1. The van der Waals surface area contributed by atoms with Gasteiger partial charge in [0.2, 0.25) is 0 Å². The summed E-state index contributed by atoms with van der Waals surface area (Å²) < 4.78 is 0. The zero-order chi connectivity index (χ0) is 17.0. The van der Waals surface area contributed by atoms with Crippen molar-refractivity contribution in [1.82, 2.24) is 0 Å². The Kier molecular flexibility index (Phi) is 4.69. The normalized spacial score (nSPS) is 10.9. The lowest BCUT2D eigenvalue weighted by atomic mass is 9.86. The maximum Gasteiger partial charge on any atom is 0.314 e. The number of hydrogen-bond donors (Lipinski definition) is 3. The Morgan fingerprint density at radius 2 is 1.30 bits per heavy atom. The van der Waals surface area contributed by atoms with Crippen LogP contribution in [-0.4, -0.2) is 16.9 Å². The Morgan fingerprint density at radius 1 is 0.826 bits per heavy atom. The largest absolute Gasteiger partial charge is 0.506 e. The maximum absolute atomic E-state index is 12.1. The van der Waals surface area contributed by atoms with E-state index in [9.17, 15) is 14.7 Å². The van der Waals surface area contributed by atoms with Gasteiger partial charge in [-0.3, -0.25) is 9.59 Å². The molecule has 0 aliphatic carbocycles. The molecule has 120 valence electrons. The number of phenols is 1. The van der Waals surface area contributed by atoms with Crippen molar-refractivity contribution in [3.63, 3.8) is 0 Å². The summed E-state index contributed by atoms with van der Waals surface area (Å²) in [6.07, 6.45) is 0. The molecule has 2 rings (SSSR count). The molecule has 3 N–H and O–H groups in total. The minimum Gasteiger partial charge on any atom is -0.506 e. The van der Waals surface area contributed by atoms with Crippen LogP contribution in [-0.2, 0) is 15.0 Å². The quantitative estimate of drug-likeness (QED) is 0.588. The van der Waals surface area contributed by atoms with Crippen molar-refractivity contribution in [2.45, 2.75) is 26.2 Å². The SMILES string of the molecule is CC(C)(C)c1ccccc1NC(=O)C(=O)Nc1ccccc1O. The van der Waals surface area contributed by atoms with Gasteiger partial charge in [-0.2, -0.15) is 0 Å². The van der Waals surface area contributed by atoms with Gasteiger partial charge < -0.3 is 15.7 Å². The first-order valence-electron chi connectivity index (χ1n) is 7.29. The van der Waals surface area contributed by atoms with Gasteiger partial charge in [-0.25, -0.2) is 0 Å². The summed E-state index contributed by atoms with van der Waals surface area (Å²) in [5.74, 6) is -1.72. The van der Waals surface area contributed by atoms with E-state index in [1.165, 1.54) is 12.1 Å². The van der Waals surface area contributed by atoms with E-state index in [0.717, 1.165) is 5.56 Å². The van der Waals surface area contributed by atoms with Crippen molar-refractivity contribution in [3.05, 3.63) is 54.1 Å². The third-order valence-corrected chi connectivity index (χ3v) is 3.34. The van der Waals surface area contributed by atoms with Gasteiger partial charge in [-0.1, -0.05) is 51.1 Å². The van der Waals surface area contributed by atoms with Crippen LogP contribution in [0.2, 0.25) is 0 Å². The van der Waals surface area contributed by atoms with Gasteiger partial charge in [0.25, 0.3) is 0 Å². The molecule has 0 saturated heterocycles. The third-order valence-electron chi connectivity index (χ3n) is 3.34. The molecule has 0 fully saturated rings. The highest BCUT2D eigenvalue weighted by molar-refractivity contribution is 6.43. The van der Waals surface area contributed by atoms with Crippen molar-refractivity contribution in [1.29, 1.82) is 0 Å². The summed E-state index contributed by atoms with van der Waals surface area (Å²) >= 11 is 0. The first-order chi connectivity index (χ1) is 10.8. The number of para-hydroxylation sites is 3. The molecular formula is C18H20N2O3. The second kappa shape index (κ2) is 6.52. The van der Waals surface area contributed by atoms with Crippen LogP contribution < -0.4 is 10.6 Å². The fourth-order valence-corrected chi connectivity index (χ4v) is 2.18. The molecule has 0 radical (unpaired) electrons. The van der Waals surface area contributed by atoms with Crippen molar-refractivity contribution >= 4 is 23.2 Å². The van der Waals surface area contributed by atoms with Gasteiger partial charge in [0.1, 0.15) is 5.75 Å². The summed E-state index contributed by atoms with van der Waals surface area (Å²) in [4.78, 5) is 24.1. The van der Waals surface area contributed by atoms with Crippen molar-refractivity contribution in [2.24, 2.45) is 0 Å². The molecule has 2 aromatic carbocycles. The standard InChI is InChI=1S/C18H20N2O3/c1-18(2,3)12-8-4-5-9-13(12)19-16(22)17(23)20-14-10-6-7-11-15(14)21/h4-11,21H,1-3H3,(H,19,22)(H,20,23). The second-order valence-corrected chi connectivity index (χ2v) is 6.22. The average Bonchev–Trinajstić information content (AvgIpc) is 2.49. The van der Waals surface area contributed by atoms with Gasteiger partial charge in [0.15, 0.2) is 0 Å². The molecule has 5 nitrogen and oxygen atoms in total. The predicted molar refractivity (Wildman–Crippen MR) is 90.5 cm³/mol. The highest BCUT2D eigenvalue weighted by Crippen LogP contribution is 2.29. The van der Waals surface area contributed by atoms with Gasteiger partial charge in [0, 0.05) is 5.69 Å². The Balaban J connectivity index is 2.14. The van der Waals surface area contributed by atoms with E-state index in [1.807, 2.05) is 32.9 Å². The Labute approximate surface area is 135 Å². The lowest BCUT2D eigenvalue weighted by Crippen LogP contribution is -2.30. The molecule has 0 atom stereocenters. The fraction of sp³-hybridized carbons (Fsp3) is 0.222. The van der Waals surface area contributed by atoms with E-state index < -0.39 is 11.8 Å². The molecular weight excluding hydrogens is 292 g/mol.